The van der Waals surface area contributed by atoms with Gasteiger partial charge in [-0.15, -0.1) is 24.0 Å². The van der Waals surface area contributed by atoms with Crippen molar-refractivity contribution in [2.75, 3.05) is 20.1 Å². The summed E-state index contributed by atoms with van der Waals surface area (Å²) >= 11 is 3.59. The summed E-state index contributed by atoms with van der Waals surface area (Å²) in [5.74, 6) is 1.21. The summed E-state index contributed by atoms with van der Waals surface area (Å²) in [6, 6.07) is 8.24. The van der Waals surface area contributed by atoms with Crippen molar-refractivity contribution in [2.24, 2.45) is 10.9 Å². The first-order valence-corrected chi connectivity index (χ1v) is 8.82. The van der Waals surface area contributed by atoms with E-state index >= 15 is 0 Å². The largest absolute Gasteiger partial charge is 0.393 e. The molecule has 1 fully saturated rings. The number of nitrogens with one attached hydrogen (secondary N) is 1. The van der Waals surface area contributed by atoms with Crippen molar-refractivity contribution in [3.8, 4) is 0 Å². The molecule has 23 heavy (non-hydrogen) atoms. The van der Waals surface area contributed by atoms with E-state index in [9.17, 15) is 5.11 Å². The average molecular weight is 496 g/mol. The molecule has 0 amide bonds. The molecular formula is C17H27BrIN3O. The van der Waals surface area contributed by atoms with E-state index in [4.69, 9.17) is 4.99 Å². The second-order valence-corrected chi connectivity index (χ2v) is 6.75. The van der Waals surface area contributed by atoms with Crippen molar-refractivity contribution in [1.82, 2.24) is 10.2 Å². The summed E-state index contributed by atoms with van der Waals surface area (Å²) in [6.45, 7) is 4.41. The maximum atomic E-state index is 9.93. The lowest BCUT2D eigenvalue weighted by atomic mass is 10.1. The lowest BCUT2D eigenvalue weighted by molar-refractivity contribution is 0.136. The van der Waals surface area contributed by atoms with Gasteiger partial charge in [0.05, 0.1) is 6.10 Å². The number of nitrogens with zero attached hydrogens (tertiary/aromatic N) is 2. The second-order valence-electron chi connectivity index (χ2n) is 5.90. The summed E-state index contributed by atoms with van der Waals surface area (Å²) < 4.78 is 1.11. The molecule has 2 rings (SSSR count). The molecule has 6 heteroatoms. The third kappa shape index (κ3) is 6.23. The summed E-state index contributed by atoms with van der Waals surface area (Å²) in [5.41, 5.74) is 1.23. The number of aliphatic imine (C=N–C) groups is 1. The zero-order chi connectivity index (χ0) is 15.9. The molecule has 2 N–H and O–H groups in total. The van der Waals surface area contributed by atoms with Crippen LogP contribution in [0.25, 0.3) is 0 Å². The SMILES string of the molecule is CCNC(=NCC1CCCC1O)N(C)Cc1ccccc1Br.I. The van der Waals surface area contributed by atoms with E-state index in [1.807, 2.05) is 19.2 Å². The van der Waals surface area contributed by atoms with E-state index < -0.39 is 0 Å². The van der Waals surface area contributed by atoms with Crippen LogP contribution in [0.15, 0.2) is 33.7 Å². The Morgan fingerprint density at radius 3 is 2.74 bits per heavy atom. The number of benzene rings is 1. The molecule has 1 saturated carbocycles. The summed E-state index contributed by atoms with van der Waals surface area (Å²) in [7, 11) is 2.05. The number of aliphatic hydroxyl groups excluding tert-OH is 1. The smallest absolute Gasteiger partial charge is 0.193 e. The maximum absolute atomic E-state index is 9.93. The molecule has 0 aliphatic heterocycles. The predicted octanol–water partition coefficient (Wildman–Crippen LogP) is 3.63. The van der Waals surface area contributed by atoms with Crippen LogP contribution in [0.4, 0.5) is 0 Å². The molecule has 0 aromatic heterocycles. The fourth-order valence-electron chi connectivity index (χ4n) is 2.86. The van der Waals surface area contributed by atoms with Gasteiger partial charge in [0, 0.05) is 37.1 Å². The van der Waals surface area contributed by atoms with E-state index in [0.717, 1.165) is 42.8 Å². The van der Waals surface area contributed by atoms with Gasteiger partial charge in [0.1, 0.15) is 0 Å². The van der Waals surface area contributed by atoms with Crippen LogP contribution >= 0.6 is 39.9 Å². The molecule has 2 atom stereocenters. The van der Waals surface area contributed by atoms with Crippen molar-refractivity contribution < 1.29 is 5.11 Å². The summed E-state index contributed by atoms with van der Waals surface area (Å²) in [5, 5.41) is 13.3. The van der Waals surface area contributed by atoms with Crippen molar-refractivity contribution in [2.45, 2.75) is 38.8 Å². The van der Waals surface area contributed by atoms with Gasteiger partial charge in [0.15, 0.2) is 5.96 Å². The molecule has 1 aliphatic rings. The van der Waals surface area contributed by atoms with Crippen LogP contribution in [0.3, 0.4) is 0 Å². The van der Waals surface area contributed by atoms with Gasteiger partial charge in [-0.25, -0.2) is 0 Å². The van der Waals surface area contributed by atoms with Crippen molar-refractivity contribution in [3.05, 3.63) is 34.3 Å². The van der Waals surface area contributed by atoms with Gasteiger partial charge < -0.3 is 15.3 Å². The van der Waals surface area contributed by atoms with Crippen LogP contribution in [0.1, 0.15) is 31.7 Å². The molecule has 1 aromatic rings. The minimum Gasteiger partial charge on any atom is -0.393 e. The highest BCUT2D eigenvalue weighted by atomic mass is 127. The number of hydrogen-bond donors (Lipinski definition) is 2. The zero-order valence-corrected chi connectivity index (χ0v) is 17.8. The maximum Gasteiger partial charge on any atom is 0.193 e. The first-order chi connectivity index (χ1) is 10.6. The van der Waals surface area contributed by atoms with Gasteiger partial charge in [0.2, 0.25) is 0 Å². The average Bonchev–Trinajstić information content (AvgIpc) is 2.91. The summed E-state index contributed by atoms with van der Waals surface area (Å²) in [6.07, 6.45) is 2.94. The topological polar surface area (TPSA) is 47.9 Å². The van der Waals surface area contributed by atoms with Crippen molar-refractivity contribution >= 4 is 45.9 Å². The van der Waals surface area contributed by atoms with Gasteiger partial charge in [0.25, 0.3) is 0 Å². The Kier molecular flexibility index (Phi) is 9.46. The van der Waals surface area contributed by atoms with Crippen LogP contribution in [-0.2, 0) is 6.54 Å². The van der Waals surface area contributed by atoms with Gasteiger partial charge in [-0.3, -0.25) is 4.99 Å². The molecule has 130 valence electrons. The number of guanidine groups is 1. The number of rotatable bonds is 5. The van der Waals surface area contributed by atoms with Crippen LogP contribution in [0, 0.1) is 5.92 Å². The highest BCUT2D eigenvalue weighted by molar-refractivity contribution is 14.0. The second kappa shape index (κ2) is 10.5. The van der Waals surface area contributed by atoms with E-state index in [-0.39, 0.29) is 30.1 Å². The van der Waals surface area contributed by atoms with Crippen LogP contribution < -0.4 is 5.32 Å². The third-order valence-electron chi connectivity index (χ3n) is 4.16. The summed E-state index contributed by atoms with van der Waals surface area (Å²) in [4.78, 5) is 6.86. The lowest BCUT2D eigenvalue weighted by Crippen LogP contribution is -2.39. The molecule has 4 nitrogen and oxygen atoms in total. The van der Waals surface area contributed by atoms with Crippen LogP contribution in [-0.4, -0.2) is 42.2 Å². The van der Waals surface area contributed by atoms with E-state index in [0.29, 0.717) is 12.5 Å². The van der Waals surface area contributed by atoms with Crippen LogP contribution in [0.2, 0.25) is 0 Å². The molecule has 0 spiro atoms. The first-order valence-electron chi connectivity index (χ1n) is 8.02. The van der Waals surface area contributed by atoms with Crippen LogP contribution in [0.5, 0.6) is 0 Å². The normalized spacial score (nSPS) is 21.0. The minimum atomic E-state index is -0.180. The highest BCUT2D eigenvalue weighted by Gasteiger charge is 2.25. The van der Waals surface area contributed by atoms with E-state index in [1.165, 1.54) is 5.56 Å². The Labute approximate surface area is 164 Å². The Hall–Kier alpha value is -0.340. The highest BCUT2D eigenvalue weighted by Crippen LogP contribution is 2.25. The van der Waals surface area contributed by atoms with E-state index in [2.05, 4.69) is 45.2 Å². The van der Waals surface area contributed by atoms with Gasteiger partial charge >= 0.3 is 0 Å². The predicted molar refractivity (Wildman–Crippen MR) is 110 cm³/mol. The number of halogens is 2. The fourth-order valence-corrected chi connectivity index (χ4v) is 3.27. The van der Waals surface area contributed by atoms with Gasteiger partial charge in [-0.1, -0.05) is 40.5 Å². The number of hydrogen-bond acceptors (Lipinski definition) is 2. The fraction of sp³-hybridized carbons (Fsp3) is 0.588. The molecule has 0 bridgehead atoms. The Balaban J connectivity index is 0.00000264. The standard InChI is InChI=1S/C17H26BrN3O.HI/c1-3-19-17(20-11-13-8-6-10-16(13)22)21(2)12-14-7-4-5-9-15(14)18;/h4-5,7,9,13,16,22H,3,6,8,10-12H2,1-2H3,(H,19,20);1H. The van der Waals surface area contributed by atoms with Crippen molar-refractivity contribution in [3.63, 3.8) is 0 Å². The third-order valence-corrected chi connectivity index (χ3v) is 4.93. The molecule has 2 unspecified atom stereocenters. The Bertz CT molecular complexity index is 512. The molecular weight excluding hydrogens is 469 g/mol. The zero-order valence-electron chi connectivity index (χ0n) is 13.8. The monoisotopic (exact) mass is 495 g/mol. The molecule has 1 aromatic carbocycles. The lowest BCUT2D eigenvalue weighted by Gasteiger charge is -2.23. The first kappa shape index (κ1) is 20.7. The van der Waals surface area contributed by atoms with Gasteiger partial charge in [-0.2, -0.15) is 0 Å². The Morgan fingerprint density at radius 2 is 2.13 bits per heavy atom. The number of aliphatic hydroxyl groups is 1. The van der Waals surface area contributed by atoms with Gasteiger partial charge in [-0.05, 0) is 31.4 Å². The molecule has 0 radical (unpaired) electrons. The van der Waals surface area contributed by atoms with Crippen molar-refractivity contribution in [1.29, 1.82) is 0 Å². The molecule has 1 aliphatic carbocycles. The molecule has 0 heterocycles. The minimum absolute atomic E-state index is 0. The quantitative estimate of drug-likeness (QED) is 0.372. The van der Waals surface area contributed by atoms with E-state index in [1.54, 1.807) is 0 Å². The Morgan fingerprint density at radius 1 is 1.39 bits per heavy atom. The molecule has 0 saturated heterocycles.